The van der Waals surface area contributed by atoms with Gasteiger partial charge in [-0.15, -0.1) is 0 Å². The third kappa shape index (κ3) is 3.69. The number of hydrogen-bond donors (Lipinski definition) is 2. The van der Waals surface area contributed by atoms with E-state index in [4.69, 9.17) is 5.11 Å². The molecule has 0 aliphatic carbocycles. The molecular weight excluding hydrogens is 277 g/mol. The van der Waals surface area contributed by atoms with Gasteiger partial charge in [-0.2, -0.15) is 0 Å². The van der Waals surface area contributed by atoms with E-state index in [1.807, 2.05) is 0 Å². The first-order valence-corrected chi connectivity index (χ1v) is 6.69. The van der Waals surface area contributed by atoms with Crippen molar-refractivity contribution in [2.75, 3.05) is 31.6 Å². The molecule has 0 spiro atoms. The number of likely N-dealkylation sites (N-methyl/N-ethyl adjacent to an activating group) is 1. The zero-order valence-electron chi connectivity index (χ0n) is 11.8. The van der Waals surface area contributed by atoms with E-state index in [1.54, 1.807) is 19.2 Å². The third-order valence-corrected chi connectivity index (χ3v) is 3.35. The van der Waals surface area contributed by atoms with Gasteiger partial charge in [0.2, 0.25) is 5.91 Å². The Balaban J connectivity index is 1.98. The van der Waals surface area contributed by atoms with Crippen LogP contribution in [0.5, 0.6) is 0 Å². The smallest absolute Gasteiger partial charge is 0.317 e. The van der Waals surface area contributed by atoms with Crippen molar-refractivity contribution in [1.82, 2.24) is 10.2 Å². The summed E-state index contributed by atoms with van der Waals surface area (Å²) in [5, 5.41) is 11.5. The summed E-state index contributed by atoms with van der Waals surface area (Å²) in [7, 11) is 1.56. The van der Waals surface area contributed by atoms with Crippen molar-refractivity contribution in [3.63, 3.8) is 0 Å². The molecule has 0 saturated carbocycles. The molecule has 1 aliphatic heterocycles. The Morgan fingerprint density at radius 2 is 2.33 bits per heavy atom. The van der Waals surface area contributed by atoms with Crippen LogP contribution in [-0.4, -0.2) is 54.7 Å². The van der Waals surface area contributed by atoms with Crippen LogP contribution in [-0.2, 0) is 4.79 Å². The Bertz CT molecular complexity index is 538. The number of rotatable bonds is 4. The van der Waals surface area contributed by atoms with Crippen molar-refractivity contribution in [2.24, 2.45) is 0 Å². The van der Waals surface area contributed by atoms with E-state index in [2.05, 4.69) is 5.32 Å². The van der Waals surface area contributed by atoms with Crippen LogP contribution in [0.2, 0.25) is 0 Å². The van der Waals surface area contributed by atoms with Crippen LogP contribution in [0.3, 0.4) is 0 Å². The Hall–Kier alpha value is -2.15. The summed E-state index contributed by atoms with van der Waals surface area (Å²) in [4.78, 5) is 26.6. The first-order chi connectivity index (χ1) is 10.0. The number of urea groups is 1. The monoisotopic (exact) mass is 295 g/mol. The largest absolute Gasteiger partial charge is 0.395 e. The van der Waals surface area contributed by atoms with Gasteiger partial charge in [-0.1, -0.05) is 6.07 Å². The number of halogens is 1. The molecule has 1 aromatic carbocycles. The second-order valence-corrected chi connectivity index (χ2v) is 4.98. The van der Waals surface area contributed by atoms with E-state index in [9.17, 15) is 14.0 Å². The molecule has 0 unspecified atom stereocenters. The van der Waals surface area contributed by atoms with E-state index >= 15 is 0 Å². The molecule has 1 atom stereocenters. The summed E-state index contributed by atoms with van der Waals surface area (Å²) < 4.78 is 13.2. The molecular formula is C14H18FN3O3. The molecule has 0 aromatic heterocycles. The Labute approximate surface area is 122 Å². The number of amides is 3. The fourth-order valence-electron chi connectivity index (χ4n) is 2.23. The van der Waals surface area contributed by atoms with Gasteiger partial charge >= 0.3 is 6.03 Å². The van der Waals surface area contributed by atoms with Crippen LogP contribution in [0.15, 0.2) is 24.3 Å². The lowest BCUT2D eigenvalue weighted by molar-refractivity contribution is -0.117. The van der Waals surface area contributed by atoms with E-state index in [-0.39, 0.29) is 37.6 Å². The van der Waals surface area contributed by atoms with Crippen molar-refractivity contribution >= 4 is 17.6 Å². The van der Waals surface area contributed by atoms with Crippen molar-refractivity contribution in [3.8, 4) is 0 Å². The number of anilines is 1. The molecule has 0 bridgehead atoms. The van der Waals surface area contributed by atoms with Crippen molar-refractivity contribution in [3.05, 3.63) is 30.1 Å². The zero-order chi connectivity index (χ0) is 15.4. The minimum absolute atomic E-state index is 0.122. The van der Waals surface area contributed by atoms with Gasteiger partial charge in [-0.3, -0.25) is 4.79 Å². The molecule has 6 nitrogen and oxygen atoms in total. The highest BCUT2D eigenvalue weighted by Gasteiger charge is 2.32. The highest BCUT2D eigenvalue weighted by atomic mass is 19.1. The van der Waals surface area contributed by atoms with Gasteiger partial charge in [-0.25, -0.2) is 9.18 Å². The number of nitrogens with zero attached hydrogens (tertiary/aromatic N) is 2. The van der Waals surface area contributed by atoms with E-state index in [0.717, 1.165) is 0 Å². The summed E-state index contributed by atoms with van der Waals surface area (Å²) in [6.07, 6.45) is 0.176. The lowest BCUT2D eigenvalue weighted by Crippen LogP contribution is -2.45. The highest BCUT2D eigenvalue weighted by molar-refractivity contribution is 5.96. The number of nitrogens with one attached hydrogen (secondary N) is 1. The summed E-state index contributed by atoms with van der Waals surface area (Å²) in [5.74, 6) is -0.564. The summed E-state index contributed by atoms with van der Waals surface area (Å²) >= 11 is 0. The number of carbonyl (C=O) groups is 2. The van der Waals surface area contributed by atoms with E-state index in [1.165, 1.54) is 21.9 Å². The first-order valence-electron chi connectivity index (χ1n) is 6.69. The second kappa shape index (κ2) is 6.53. The second-order valence-electron chi connectivity index (χ2n) is 4.98. The maximum Gasteiger partial charge on any atom is 0.317 e. The lowest BCUT2D eigenvalue weighted by atomic mass is 10.2. The van der Waals surface area contributed by atoms with Crippen molar-refractivity contribution in [1.29, 1.82) is 0 Å². The fourth-order valence-corrected chi connectivity index (χ4v) is 2.23. The van der Waals surface area contributed by atoms with Crippen molar-refractivity contribution in [2.45, 2.75) is 12.5 Å². The summed E-state index contributed by atoms with van der Waals surface area (Å²) in [5.41, 5.74) is 0.487. The average molecular weight is 295 g/mol. The number of carbonyl (C=O) groups excluding carboxylic acids is 2. The van der Waals surface area contributed by atoms with E-state index in [0.29, 0.717) is 12.2 Å². The van der Waals surface area contributed by atoms with Crippen LogP contribution in [0.1, 0.15) is 6.42 Å². The van der Waals surface area contributed by atoms with Gasteiger partial charge in [0.05, 0.1) is 12.6 Å². The third-order valence-electron chi connectivity index (χ3n) is 3.35. The molecule has 114 valence electrons. The maximum atomic E-state index is 13.2. The predicted octanol–water partition coefficient (Wildman–Crippen LogP) is 0.565. The molecule has 7 heteroatoms. The molecule has 1 saturated heterocycles. The maximum absolute atomic E-state index is 13.2. The fraction of sp³-hybridized carbons (Fsp3) is 0.429. The minimum Gasteiger partial charge on any atom is -0.395 e. The van der Waals surface area contributed by atoms with Gasteiger partial charge in [0.1, 0.15) is 5.82 Å². The Kier molecular flexibility index (Phi) is 4.74. The molecule has 1 aromatic rings. The first kappa shape index (κ1) is 15.2. The van der Waals surface area contributed by atoms with Gasteiger partial charge in [0.25, 0.3) is 0 Å². The minimum atomic E-state index is -0.407. The normalized spacial score (nSPS) is 18.0. The number of hydrogen-bond acceptors (Lipinski definition) is 3. The zero-order valence-corrected chi connectivity index (χ0v) is 11.8. The van der Waals surface area contributed by atoms with Crippen LogP contribution in [0.4, 0.5) is 14.9 Å². The van der Waals surface area contributed by atoms with Gasteiger partial charge in [0, 0.05) is 32.2 Å². The molecule has 2 rings (SSSR count). The predicted molar refractivity (Wildman–Crippen MR) is 75.4 cm³/mol. The Morgan fingerprint density at radius 3 is 3.00 bits per heavy atom. The number of aliphatic hydroxyl groups excluding tert-OH is 1. The van der Waals surface area contributed by atoms with Gasteiger partial charge < -0.3 is 20.2 Å². The quantitative estimate of drug-likeness (QED) is 0.852. The summed E-state index contributed by atoms with van der Waals surface area (Å²) in [6, 6.07) is 5.13. The number of aliphatic hydroxyl groups is 1. The molecule has 0 radical (unpaired) electrons. The topological polar surface area (TPSA) is 72.9 Å². The van der Waals surface area contributed by atoms with Gasteiger partial charge in [0.15, 0.2) is 0 Å². The molecule has 21 heavy (non-hydrogen) atoms. The summed E-state index contributed by atoms with van der Waals surface area (Å²) in [6.45, 7) is 0.407. The van der Waals surface area contributed by atoms with Crippen LogP contribution < -0.4 is 10.2 Å². The average Bonchev–Trinajstić information content (AvgIpc) is 2.79. The molecule has 2 N–H and O–H groups in total. The number of benzene rings is 1. The standard InChI is InChI=1S/C14H18FN3O3/c1-17(5-6-19)14(21)16-11-8-13(20)18(9-11)12-4-2-3-10(15)7-12/h2-4,7,11,19H,5-6,8-9H2,1H3,(H,16,21)/t11-/m1/s1. The van der Waals surface area contributed by atoms with Crippen molar-refractivity contribution < 1.29 is 19.1 Å². The van der Waals surface area contributed by atoms with E-state index < -0.39 is 5.82 Å². The molecule has 1 heterocycles. The SMILES string of the molecule is CN(CCO)C(=O)N[C@@H]1CC(=O)N(c2cccc(F)c2)C1. The van der Waals surface area contributed by atoms with Crippen LogP contribution in [0, 0.1) is 5.82 Å². The van der Waals surface area contributed by atoms with Crippen LogP contribution in [0.25, 0.3) is 0 Å². The Morgan fingerprint density at radius 1 is 1.57 bits per heavy atom. The molecule has 1 fully saturated rings. The highest BCUT2D eigenvalue weighted by Crippen LogP contribution is 2.22. The van der Waals surface area contributed by atoms with Gasteiger partial charge in [-0.05, 0) is 18.2 Å². The lowest BCUT2D eigenvalue weighted by Gasteiger charge is -2.20. The molecule has 1 aliphatic rings. The molecule has 3 amide bonds. The van der Waals surface area contributed by atoms with Crippen LogP contribution >= 0.6 is 0 Å².